The van der Waals surface area contributed by atoms with Crippen molar-refractivity contribution in [2.24, 2.45) is 5.73 Å². The molecule has 3 heteroatoms. The van der Waals surface area contributed by atoms with Crippen LogP contribution in [-0.2, 0) is 0 Å². The Morgan fingerprint density at radius 2 is 2.29 bits per heavy atom. The molecular formula is C4H12N2S. The van der Waals surface area contributed by atoms with E-state index in [1.165, 1.54) is 0 Å². The third-order valence-corrected chi connectivity index (χ3v) is 1.24. The molecule has 0 fully saturated rings. The van der Waals surface area contributed by atoms with Crippen LogP contribution >= 0.6 is 12.8 Å². The number of thiol groups is 1. The van der Waals surface area contributed by atoms with Crippen LogP contribution in [0, 0.1) is 0 Å². The Hall–Kier alpha value is 0.270. The van der Waals surface area contributed by atoms with Gasteiger partial charge in [0.2, 0.25) is 0 Å². The molecule has 0 aromatic carbocycles. The van der Waals surface area contributed by atoms with E-state index >= 15 is 0 Å². The maximum atomic E-state index is 5.21. The molecule has 0 rings (SSSR count). The standard InChI is InChI=1S/C4H12N2S/c1-2-6(7)4-3-5/h7H,2-5H2,1H3. The van der Waals surface area contributed by atoms with Crippen LogP contribution in [0.5, 0.6) is 0 Å². The molecule has 0 atom stereocenters. The first kappa shape index (κ1) is 7.27. The number of nitrogens with zero attached hydrogens (tertiary/aromatic N) is 1. The Labute approximate surface area is 50.2 Å². The van der Waals surface area contributed by atoms with E-state index in [0.29, 0.717) is 6.54 Å². The van der Waals surface area contributed by atoms with Gasteiger partial charge in [0, 0.05) is 19.6 Å². The summed E-state index contributed by atoms with van der Waals surface area (Å²) in [5, 5.41) is 0. The van der Waals surface area contributed by atoms with E-state index < -0.39 is 0 Å². The van der Waals surface area contributed by atoms with E-state index in [1.54, 1.807) is 0 Å². The van der Waals surface area contributed by atoms with E-state index in [9.17, 15) is 0 Å². The number of nitrogens with two attached hydrogens (primary N) is 1. The first-order valence-corrected chi connectivity index (χ1v) is 2.85. The summed E-state index contributed by atoms with van der Waals surface area (Å²) in [6.07, 6.45) is 0. The second-order valence-electron chi connectivity index (χ2n) is 1.33. The lowest BCUT2D eigenvalue weighted by molar-refractivity contribution is 0.514. The van der Waals surface area contributed by atoms with Crippen LogP contribution in [0.4, 0.5) is 0 Å². The second kappa shape index (κ2) is 4.43. The summed E-state index contributed by atoms with van der Waals surface area (Å²) >= 11 is 4.06. The van der Waals surface area contributed by atoms with Gasteiger partial charge in [-0.2, -0.15) is 0 Å². The van der Waals surface area contributed by atoms with E-state index in [0.717, 1.165) is 13.1 Å². The average molecular weight is 120 g/mol. The molecule has 44 valence electrons. The van der Waals surface area contributed by atoms with Gasteiger partial charge in [-0.05, 0) is 0 Å². The van der Waals surface area contributed by atoms with Gasteiger partial charge in [0.1, 0.15) is 0 Å². The lowest BCUT2D eigenvalue weighted by Gasteiger charge is -2.08. The fraction of sp³-hybridized carbons (Fsp3) is 1.00. The number of rotatable bonds is 3. The van der Waals surface area contributed by atoms with Crippen molar-refractivity contribution in [3.63, 3.8) is 0 Å². The summed E-state index contributed by atoms with van der Waals surface area (Å²) in [6, 6.07) is 0. The van der Waals surface area contributed by atoms with Gasteiger partial charge in [0.05, 0.1) is 0 Å². The molecule has 0 saturated heterocycles. The molecule has 0 amide bonds. The maximum Gasteiger partial charge on any atom is 0.0210 e. The van der Waals surface area contributed by atoms with Crippen LogP contribution in [0.2, 0.25) is 0 Å². The van der Waals surface area contributed by atoms with Crippen molar-refractivity contribution in [3.05, 3.63) is 0 Å². The lowest BCUT2D eigenvalue weighted by Crippen LogP contribution is -2.20. The molecule has 0 radical (unpaired) electrons. The van der Waals surface area contributed by atoms with Crippen LogP contribution in [0.1, 0.15) is 6.92 Å². The topological polar surface area (TPSA) is 29.3 Å². The van der Waals surface area contributed by atoms with Crippen LogP contribution in [0.25, 0.3) is 0 Å². The highest BCUT2D eigenvalue weighted by atomic mass is 32.1. The normalized spacial score (nSPS) is 10.3. The molecule has 2 nitrogen and oxygen atoms in total. The van der Waals surface area contributed by atoms with Gasteiger partial charge in [-0.3, -0.25) is 4.31 Å². The number of hydrogen-bond acceptors (Lipinski definition) is 3. The monoisotopic (exact) mass is 120 g/mol. The maximum absolute atomic E-state index is 5.21. The highest BCUT2D eigenvalue weighted by Crippen LogP contribution is 1.86. The van der Waals surface area contributed by atoms with Gasteiger partial charge in [-0.15, -0.1) is 0 Å². The second-order valence-corrected chi connectivity index (χ2v) is 1.90. The number of likely N-dealkylation sites (N-methyl/N-ethyl adjacent to an activating group) is 1. The minimum atomic E-state index is 0.692. The van der Waals surface area contributed by atoms with Gasteiger partial charge >= 0.3 is 0 Å². The van der Waals surface area contributed by atoms with Crippen molar-refractivity contribution in [2.45, 2.75) is 6.92 Å². The zero-order valence-electron chi connectivity index (χ0n) is 4.59. The summed E-state index contributed by atoms with van der Waals surface area (Å²) in [5.41, 5.74) is 5.21. The molecule has 0 bridgehead atoms. The predicted molar refractivity (Wildman–Crippen MR) is 35.3 cm³/mol. The van der Waals surface area contributed by atoms with Crippen molar-refractivity contribution in [1.82, 2.24) is 4.31 Å². The molecule has 2 N–H and O–H groups in total. The highest BCUT2D eigenvalue weighted by molar-refractivity contribution is 7.77. The van der Waals surface area contributed by atoms with E-state index in [1.807, 2.05) is 11.2 Å². The summed E-state index contributed by atoms with van der Waals surface area (Å²) < 4.78 is 1.88. The van der Waals surface area contributed by atoms with Crippen LogP contribution in [0.15, 0.2) is 0 Å². The molecule has 0 aromatic heterocycles. The van der Waals surface area contributed by atoms with E-state index in [4.69, 9.17) is 5.73 Å². The van der Waals surface area contributed by atoms with Crippen molar-refractivity contribution >= 4 is 12.8 Å². The Morgan fingerprint density at radius 1 is 1.71 bits per heavy atom. The van der Waals surface area contributed by atoms with Gasteiger partial charge in [0.15, 0.2) is 0 Å². The average Bonchev–Trinajstić information content (AvgIpc) is 1.68. The molecular weight excluding hydrogens is 108 g/mol. The summed E-state index contributed by atoms with van der Waals surface area (Å²) in [7, 11) is 0. The quantitative estimate of drug-likeness (QED) is 0.518. The zero-order valence-corrected chi connectivity index (χ0v) is 5.49. The first-order valence-electron chi connectivity index (χ1n) is 2.45. The summed E-state index contributed by atoms with van der Waals surface area (Å²) in [6.45, 7) is 4.57. The predicted octanol–water partition coefficient (Wildman–Crippen LogP) is 0.112. The molecule has 7 heavy (non-hydrogen) atoms. The molecule has 0 spiro atoms. The molecule has 0 heterocycles. The summed E-state index contributed by atoms with van der Waals surface area (Å²) in [5.74, 6) is 0. The van der Waals surface area contributed by atoms with Gasteiger partial charge in [0.25, 0.3) is 0 Å². The molecule has 0 aliphatic rings. The van der Waals surface area contributed by atoms with Crippen molar-refractivity contribution in [1.29, 1.82) is 0 Å². The summed E-state index contributed by atoms with van der Waals surface area (Å²) in [4.78, 5) is 0. The van der Waals surface area contributed by atoms with Crippen LogP contribution in [0.3, 0.4) is 0 Å². The van der Waals surface area contributed by atoms with E-state index in [2.05, 4.69) is 12.8 Å². The fourth-order valence-electron chi connectivity index (χ4n) is 0.307. The minimum Gasteiger partial charge on any atom is -0.329 e. The molecule has 0 aromatic rings. The van der Waals surface area contributed by atoms with E-state index in [-0.39, 0.29) is 0 Å². The molecule has 0 aliphatic carbocycles. The Balaban J connectivity index is 2.83. The third-order valence-electron chi connectivity index (χ3n) is 0.752. The highest BCUT2D eigenvalue weighted by Gasteiger charge is 1.88. The SMILES string of the molecule is CCN(S)CCN. The van der Waals surface area contributed by atoms with Gasteiger partial charge in [-0.25, -0.2) is 0 Å². The van der Waals surface area contributed by atoms with Gasteiger partial charge < -0.3 is 5.73 Å². The zero-order chi connectivity index (χ0) is 5.70. The van der Waals surface area contributed by atoms with Crippen molar-refractivity contribution in [3.8, 4) is 0 Å². The molecule has 0 aliphatic heterocycles. The first-order chi connectivity index (χ1) is 3.31. The Bertz CT molecular complexity index is 40.7. The largest absolute Gasteiger partial charge is 0.329 e. The Morgan fingerprint density at radius 3 is 2.43 bits per heavy atom. The minimum absolute atomic E-state index is 0.692. The van der Waals surface area contributed by atoms with Crippen molar-refractivity contribution < 1.29 is 0 Å². The lowest BCUT2D eigenvalue weighted by atomic mass is 10.6. The van der Waals surface area contributed by atoms with Gasteiger partial charge in [-0.1, -0.05) is 19.7 Å². The van der Waals surface area contributed by atoms with Crippen LogP contribution in [-0.4, -0.2) is 23.9 Å². The molecule has 0 unspecified atom stereocenters. The van der Waals surface area contributed by atoms with Crippen molar-refractivity contribution in [2.75, 3.05) is 19.6 Å². The third kappa shape index (κ3) is 4.12. The smallest absolute Gasteiger partial charge is 0.0210 e. The molecule has 0 saturated carbocycles. The fourth-order valence-corrected chi connectivity index (χ4v) is 0.423. The van der Waals surface area contributed by atoms with Crippen LogP contribution < -0.4 is 5.73 Å². The Kier molecular flexibility index (Phi) is 4.60. The number of hydrogen-bond donors (Lipinski definition) is 2.